The molecule has 2 nitrogen and oxygen atoms in total. The first-order valence-electron chi connectivity index (χ1n) is 7.13. The predicted molar refractivity (Wildman–Crippen MR) is 72.2 cm³/mol. The van der Waals surface area contributed by atoms with Crippen molar-refractivity contribution in [3.63, 3.8) is 0 Å². The summed E-state index contributed by atoms with van der Waals surface area (Å²) in [6.45, 7) is 13.7. The molecule has 0 amide bonds. The summed E-state index contributed by atoms with van der Waals surface area (Å²) < 4.78 is 6.32. The van der Waals surface area contributed by atoms with E-state index in [1.807, 2.05) is 0 Å². The van der Waals surface area contributed by atoms with Crippen molar-refractivity contribution in [3.05, 3.63) is 0 Å². The Labute approximate surface area is 107 Å². The number of ether oxygens (including phenoxy) is 1. The van der Waals surface area contributed by atoms with E-state index in [2.05, 4.69) is 39.9 Å². The lowest BCUT2D eigenvalue weighted by molar-refractivity contribution is -0.160. The molecule has 17 heavy (non-hydrogen) atoms. The summed E-state index contributed by atoms with van der Waals surface area (Å²) in [6.07, 6.45) is 5.08. The van der Waals surface area contributed by atoms with Crippen molar-refractivity contribution in [3.8, 4) is 0 Å². The molecule has 2 fully saturated rings. The van der Waals surface area contributed by atoms with E-state index in [-0.39, 0.29) is 11.0 Å². The number of nitrogens with one attached hydrogen (secondary N) is 1. The molecule has 1 saturated carbocycles. The molecule has 2 heteroatoms. The Morgan fingerprint density at radius 3 is 2.47 bits per heavy atom. The van der Waals surface area contributed by atoms with Crippen LogP contribution in [0.1, 0.15) is 60.3 Å². The van der Waals surface area contributed by atoms with E-state index in [0.717, 1.165) is 13.2 Å². The van der Waals surface area contributed by atoms with Crippen molar-refractivity contribution in [2.24, 2.45) is 10.8 Å². The fourth-order valence-electron chi connectivity index (χ4n) is 4.04. The largest absolute Gasteiger partial charge is 0.372 e. The molecular formula is C15H29NO. The molecule has 0 aromatic rings. The Hall–Kier alpha value is -0.0800. The van der Waals surface area contributed by atoms with Crippen LogP contribution in [0.3, 0.4) is 0 Å². The van der Waals surface area contributed by atoms with Gasteiger partial charge in [-0.25, -0.2) is 0 Å². The lowest BCUT2D eigenvalue weighted by atomic mass is 9.62. The maximum absolute atomic E-state index is 6.32. The lowest BCUT2D eigenvalue weighted by Gasteiger charge is -2.55. The second-order valence-corrected chi connectivity index (χ2v) is 7.86. The molecule has 2 rings (SSSR count). The van der Waals surface area contributed by atoms with E-state index in [1.54, 1.807) is 0 Å². The van der Waals surface area contributed by atoms with Gasteiger partial charge >= 0.3 is 0 Å². The monoisotopic (exact) mass is 239 g/mol. The van der Waals surface area contributed by atoms with Crippen molar-refractivity contribution >= 4 is 0 Å². The molecule has 1 aliphatic heterocycles. The van der Waals surface area contributed by atoms with E-state index < -0.39 is 0 Å². The minimum atomic E-state index is 0.0816. The maximum atomic E-state index is 6.32. The van der Waals surface area contributed by atoms with Crippen LogP contribution in [0, 0.1) is 10.8 Å². The smallest absolute Gasteiger partial charge is 0.0845 e. The van der Waals surface area contributed by atoms with Gasteiger partial charge in [0.15, 0.2) is 0 Å². The molecule has 0 bridgehead atoms. The highest BCUT2D eigenvalue weighted by Crippen LogP contribution is 2.48. The van der Waals surface area contributed by atoms with Crippen LogP contribution in [-0.4, -0.2) is 24.8 Å². The second-order valence-electron chi connectivity index (χ2n) is 7.86. The Kier molecular flexibility index (Phi) is 3.33. The highest BCUT2D eigenvalue weighted by atomic mass is 16.5. The Morgan fingerprint density at radius 2 is 1.88 bits per heavy atom. The maximum Gasteiger partial charge on any atom is 0.0845 e. The first-order chi connectivity index (χ1) is 7.75. The fourth-order valence-corrected chi connectivity index (χ4v) is 4.04. The second kappa shape index (κ2) is 4.24. The number of hydrogen-bond donors (Lipinski definition) is 1. The van der Waals surface area contributed by atoms with Crippen LogP contribution in [0.4, 0.5) is 0 Å². The normalized spacial score (nSPS) is 38.3. The summed E-state index contributed by atoms with van der Waals surface area (Å²) in [6, 6.07) is 0.489. The molecule has 100 valence electrons. The Balaban J connectivity index is 2.25. The molecule has 1 N–H and O–H groups in total. The average Bonchev–Trinajstić information content (AvgIpc) is 2.14. The van der Waals surface area contributed by atoms with Crippen molar-refractivity contribution in [1.82, 2.24) is 5.32 Å². The van der Waals surface area contributed by atoms with Crippen LogP contribution in [0.15, 0.2) is 0 Å². The molecule has 2 aliphatic rings. The van der Waals surface area contributed by atoms with Gasteiger partial charge in [-0.15, -0.1) is 0 Å². The number of rotatable bonds is 0. The average molecular weight is 239 g/mol. The quantitative estimate of drug-likeness (QED) is 0.700. The molecule has 2 unspecified atom stereocenters. The summed E-state index contributed by atoms with van der Waals surface area (Å²) in [5.41, 5.74) is 0.785. The molecule has 0 aromatic carbocycles. The highest BCUT2D eigenvalue weighted by Gasteiger charge is 2.51. The van der Waals surface area contributed by atoms with Gasteiger partial charge in [-0.3, -0.25) is 0 Å². The molecular weight excluding hydrogens is 210 g/mol. The molecule has 2 atom stereocenters. The summed E-state index contributed by atoms with van der Waals surface area (Å²) in [5, 5.41) is 3.73. The molecule has 1 heterocycles. The van der Waals surface area contributed by atoms with Crippen LogP contribution in [0.5, 0.6) is 0 Å². The van der Waals surface area contributed by atoms with Gasteiger partial charge in [-0.2, -0.15) is 0 Å². The van der Waals surface area contributed by atoms with E-state index >= 15 is 0 Å². The minimum Gasteiger partial charge on any atom is -0.372 e. The number of hydrogen-bond acceptors (Lipinski definition) is 2. The van der Waals surface area contributed by atoms with Crippen LogP contribution >= 0.6 is 0 Å². The molecule has 1 saturated heterocycles. The third-order valence-corrected chi connectivity index (χ3v) is 4.46. The zero-order valence-electron chi connectivity index (χ0n) is 12.2. The van der Waals surface area contributed by atoms with Gasteiger partial charge in [0.2, 0.25) is 0 Å². The number of morpholine rings is 1. The van der Waals surface area contributed by atoms with Crippen molar-refractivity contribution in [2.45, 2.75) is 71.9 Å². The molecule has 0 aromatic heterocycles. The Morgan fingerprint density at radius 1 is 1.18 bits per heavy atom. The zero-order chi connectivity index (χ0) is 12.7. The highest BCUT2D eigenvalue weighted by molar-refractivity contribution is 5.05. The van der Waals surface area contributed by atoms with E-state index in [0.29, 0.717) is 11.5 Å². The van der Waals surface area contributed by atoms with Gasteiger partial charge < -0.3 is 10.1 Å². The fraction of sp³-hybridized carbons (Fsp3) is 1.00. The standard InChI is InChI=1S/C15H29NO/c1-13(2,3)12-15(17-10-9-16-12)8-6-7-14(4,5)11-15/h12,16H,6-11H2,1-5H3. The SMILES string of the molecule is CC1(C)CCCC2(C1)OCCNC2C(C)(C)C. The van der Waals surface area contributed by atoms with E-state index in [9.17, 15) is 0 Å². The van der Waals surface area contributed by atoms with Gasteiger partial charge in [0.25, 0.3) is 0 Å². The summed E-state index contributed by atoms with van der Waals surface area (Å²) in [4.78, 5) is 0. The van der Waals surface area contributed by atoms with Gasteiger partial charge in [0.1, 0.15) is 0 Å². The van der Waals surface area contributed by atoms with Gasteiger partial charge in [0, 0.05) is 12.6 Å². The van der Waals surface area contributed by atoms with Gasteiger partial charge in [-0.1, -0.05) is 34.6 Å². The van der Waals surface area contributed by atoms with Crippen molar-refractivity contribution in [2.75, 3.05) is 13.2 Å². The first kappa shape index (κ1) is 13.4. The van der Waals surface area contributed by atoms with Crippen LogP contribution < -0.4 is 5.32 Å². The third kappa shape index (κ3) is 2.68. The van der Waals surface area contributed by atoms with E-state index in [4.69, 9.17) is 4.74 Å². The third-order valence-electron chi connectivity index (χ3n) is 4.46. The first-order valence-corrected chi connectivity index (χ1v) is 7.13. The molecule has 1 aliphatic carbocycles. The van der Waals surface area contributed by atoms with E-state index in [1.165, 1.54) is 25.7 Å². The Bertz CT molecular complexity index is 275. The van der Waals surface area contributed by atoms with Crippen LogP contribution in [-0.2, 0) is 4.74 Å². The summed E-state index contributed by atoms with van der Waals surface area (Å²) >= 11 is 0. The zero-order valence-corrected chi connectivity index (χ0v) is 12.2. The summed E-state index contributed by atoms with van der Waals surface area (Å²) in [7, 11) is 0. The van der Waals surface area contributed by atoms with Gasteiger partial charge in [0.05, 0.1) is 12.2 Å². The molecule has 0 radical (unpaired) electrons. The van der Waals surface area contributed by atoms with Crippen LogP contribution in [0.2, 0.25) is 0 Å². The predicted octanol–water partition coefficient (Wildman–Crippen LogP) is 3.36. The van der Waals surface area contributed by atoms with Crippen molar-refractivity contribution < 1.29 is 4.74 Å². The van der Waals surface area contributed by atoms with Gasteiger partial charge in [-0.05, 0) is 36.5 Å². The topological polar surface area (TPSA) is 21.3 Å². The molecule has 1 spiro atoms. The summed E-state index contributed by atoms with van der Waals surface area (Å²) in [5.74, 6) is 0. The van der Waals surface area contributed by atoms with Crippen LogP contribution in [0.25, 0.3) is 0 Å². The minimum absolute atomic E-state index is 0.0816. The van der Waals surface area contributed by atoms with Crippen molar-refractivity contribution in [1.29, 1.82) is 0 Å². The lowest BCUT2D eigenvalue weighted by Crippen LogP contribution is -2.65.